The Labute approximate surface area is 355 Å². The van der Waals surface area contributed by atoms with Crippen LogP contribution in [0.5, 0.6) is 0 Å². The lowest BCUT2D eigenvalue weighted by Gasteiger charge is -2.40. The summed E-state index contributed by atoms with van der Waals surface area (Å²) in [6.07, 6.45) is 0.546. The molecule has 0 spiro atoms. The first-order chi connectivity index (χ1) is 28.5. The average Bonchev–Trinajstić information content (AvgIpc) is 3.59. The van der Waals surface area contributed by atoms with Gasteiger partial charge in [0, 0.05) is 11.7 Å². The van der Waals surface area contributed by atoms with Gasteiger partial charge in [0.05, 0.1) is 22.2 Å². The number of hydrogen-bond donors (Lipinski definition) is 1. The number of H-pyrrole nitrogens is 1. The molecule has 6 aromatic carbocycles. The summed E-state index contributed by atoms with van der Waals surface area (Å²) in [5, 5.41) is 0. The average molecular weight is 899 g/mol. The van der Waals surface area contributed by atoms with Gasteiger partial charge in [0.15, 0.2) is 6.23 Å². The maximum atomic E-state index is 13.9. The van der Waals surface area contributed by atoms with E-state index in [1.807, 2.05) is 109 Å². The maximum Gasteiger partial charge on any atom is 0.330 e. The highest BCUT2D eigenvalue weighted by Gasteiger charge is 2.52. The number of alkyl halides is 1. The van der Waals surface area contributed by atoms with E-state index in [2.05, 4.69) is 100 Å². The summed E-state index contributed by atoms with van der Waals surface area (Å²) in [5.74, 6) is 0. The first kappa shape index (κ1) is 39.5. The predicted molar refractivity (Wildman–Crippen MR) is 237 cm³/mol. The molecule has 9 heteroatoms. The molecule has 1 fully saturated rings. The molecule has 7 aromatic rings. The second-order valence-corrected chi connectivity index (χ2v) is 15.7. The summed E-state index contributed by atoms with van der Waals surface area (Å²) in [6, 6.07) is 60.7. The van der Waals surface area contributed by atoms with Gasteiger partial charge in [0.1, 0.15) is 17.3 Å². The molecule has 7 nitrogen and oxygen atoms in total. The Morgan fingerprint density at radius 1 is 0.621 bits per heavy atom. The van der Waals surface area contributed by atoms with Crippen molar-refractivity contribution in [3.8, 4) is 0 Å². The van der Waals surface area contributed by atoms with Gasteiger partial charge in [-0.1, -0.05) is 216 Å². The lowest BCUT2D eigenvalue weighted by atomic mass is 9.79. The Kier molecular flexibility index (Phi) is 12.0. The van der Waals surface area contributed by atoms with Gasteiger partial charge < -0.3 is 14.2 Å². The van der Waals surface area contributed by atoms with Gasteiger partial charge in [-0.05, 0) is 39.5 Å². The number of aromatic amines is 1. The highest BCUT2D eigenvalue weighted by Crippen LogP contribution is 2.48. The molecule has 4 atom stereocenters. The van der Waals surface area contributed by atoms with Crippen molar-refractivity contribution < 1.29 is 14.2 Å². The summed E-state index contributed by atoms with van der Waals surface area (Å²) in [4.78, 5) is 29.3. The van der Waals surface area contributed by atoms with Gasteiger partial charge in [0.2, 0.25) is 0 Å². The van der Waals surface area contributed by atoms with Crippen LogP contribution in [0.3, 0.4) is 0 Å². The molecule has 0 amide bonds. The van der Waals surface area contributed by atoms with Crippen molar-refractivity contribution in [2.75, 3.05) is 6.61 Å². The Hall–Kier alpha value is -5.36. The van der Waals surface area contributed by atoms with E-state index >= 15 is 0 Å². The first-order valence-corrected chi connectivity index (χ1v) is 20.7. The van der Waals surface area contributed by atoms with E-state index in [0.717, 1.165) is 33.4 Å². The van der Waals surface area contributed by atoms with Crippen molar-refractivity contribution in [1.29, 1.82) is 0 Å². The molecule has 1 aliphatic heterocycles. The van der Waals surface area contributed by atoms with Crippen LogP contribution in [-0.4, -0.2) is 32.3 Å². The molecular formula is C49H40ClIN2O5. The molecule has 0 radical (unpaired) electrons. The molecule has 0 unspecified atom stereocenters. The standard InChI is InChI=1S/C49H40ClIN2O5/c50-32-31-35-33-53(47(55)52-45(35)54)46-44(58-49(39-25-13-4-14-26-39,40-27-15-5-16-28-40)41-29-17-6-18-30-41)43(51)42(57-46)34-56-48(36-19-7-1-8-20-36,37-21-9-2-10-22-37)38-23-11-3-12-24-38/h1-33,42-44,46H,34H2,(H,52,54,55)/t42-,43-,44-,46-/m1/s1. The second kappa shape index (κ2) is 17.6. The van der Waals surface area contributed by atoms with Gasteiger partial charge in [-0.25, -0.2) is 4.79 Å². The Balaban J connectivity index is 1.29. The van der Waals surface area contributed by atoms with Crippen molar-refractivity contribution in [2.45, 2.75) is 33.6 Å². The van der Waals surface area contributed by atoms with Crippen molar-refractivity contribution in [3.63, 3.8) is 0 Å². The first-order valence-electron chi connectivity index (χ1n) is 19.0. The van der Waals surface area contributed by atoms with Gasteiger partial charge in [-0.3, -0.25) is 14.3 Å². The molecule has 1 aromatic heterocycles. The normalized spacial score (nSPS) is 18.4. The lowest BCUT2D eigenvalue weighted by Crippen LogP contribution is -2.44. The summed E-state index contributed by atoms with van der Waals surface area (Å²) >= 11 is 8.35. The fraction of sp³-hybridized carbons (Fsp3) is 0.143. The van der Waals surface area contributed by atoms with Crippen LogP contribution in [0.2, 0.25) is 0 Å². The molecule has 58 heavy (non-hydrogen) atoms. The third-order valence-corrected chi connectivity index (χ3v) is 12.3. The number of ether oxygens (including phenoxy) is 3. The minimum atomic E-state index is -1.15. The molecule has 290 valence electrons. The van der Waals surface area contributed by atoms with Crippen LogP contribution in [-0.2, 0) is 25.4 Å². The van der Waals surface area contributed by atoms with Gasteiger partial charge in [-0.15, -0.1) is 0 Å². The molecule has 0 saturated carbocycles. The third-order valence-electron chi connectivity index (χ3n) is 10.6. The highest BCUT2D eigenvalue weighted by molar-refractivity contribution is 14.1. The molecule has 1 N–H and O–H groups in total. The fourth-order valence-electron chi connectivity index (χ4n) is 7.96. The summed E-state index contributed by atoms with van der Waals surface area (Å²) in [6.45, 7) is 0.115. The highest BCUT2D eigenvalue weighted by atomic mass is 127. The zero-order valence-electron chi connectivity index (χ0n) is 31.3. The van der Waals surface area contributed by atoms with Crippen LogP contribution in [0.25, 0.3) is 6.08 Å². The van der Waals surface area contributed by atoms with Gasteiger partial charge in [0.25, 0.3) is 5.56 Å². The lowest BCUT2D eigenvalue weighted by molar-refractivity contribution is -0.119. The number of rotatable bonds is 13. The van der Waals surface area contributed by atoms with Crippen LogP contribution in [0.1, 0.15) is 45.2 Å². The number of nitrogens with one attached hydrogen (secondary N) is 1. The zero-order chi connectivity index (χ0) is 40.0. The number of halogens is 2. The van der Waals surface area contributed by atoms with Crippen LogP contribution >= 0.6 is 34.2 Å². The van der Waals surface area contributed by atoms with Crippen molar-refractivity contribution >= 4 is 40.3 Å². The van der Waals surface area contributed by atoms with E-state index in [-0.39, 0.29) is 16.1 Å². The van der Waals surface area contributed by atoms with Crippen LogP contribution in [0.4, 0.5) is 0 Å². The van der Waals surface area contributed by atoms with Crippen molar-refractivity contribution in [1.82, 2.24) is 9.55 Å². The Bertz CT molecular complexity index is 2360. The van der Waals surface area contributed by atoms with Crippen molar-refractivity contribution in [2.24, 2.45) is 0 Å². The van der Waals surface area contributed by atoms with E-state index in [4.69, 9.17) is 25.8 Å². The quantitative estimate of drug-likeness (QED) is 0.0709. The Morgan fingerprint density at radius 3 is 1.38 bits per heavy atom. The molecule has 0 aliphatic carbocycles. The maximum absolute atomic E-state index is 13.9. The largest absolute Gasteiger partial charge is 0.358 e. The SMILES string of the molecule is O=c1[nH]c(=O)n([C@@H]2O[C@H](COC(c3ccccc3)(c3ccccc3)c3ccccc3)[C@@H](I)[C@H]2OC(c2ccccc2)(c2ccccc2)c2ccccc2)cc1C=CCl. The third kappa shape index (κ3) is 7.54. The topological polar surface area (TPSA) is 82.6 Å². The van der Waals surface area contributed by atoms with E-state index in [1.54, 1.807) is 0 Å². The monoisotopic (exact) mass is 898 g/mol. The van der Waals surface area contributed by atoms with Crippen LogP contribution in [0, 0.1) is 0 Å². The van der Waals surface area contributed by atoms with Gasteiger partial charge >= 0.3 is 5.69 Å². The molecular weight excluding hydrogens is 859 g/mol. The van der Waals surface area contributed by atoms with E-state index in [1.165, 1.54) is 22.4 Å². The zero-order valence-corrected chi connectivity index (χ0v) is 34.2. The van der Waals surface area contributed by atoms with Crippen LogP contribution in [0.15, 0.2) is 203 Å². The molecule has 1 saturated heterocycles. The minimum absolute atomic E-state index is 0.115. The number of hydrogen-bond acceptors (Lipinski definition) is 5. The predicted octanol–water partition coefficient (Wildman–Crippen LogP) is 9.83. The second-order valence-electron chi connectivity index (χ2n) is 14.0. The summed E-state index contributed by atoms with van der Waals surface area (Å²) in [5.41, 5.74) is 3.58. The van der Waals surface area contributed by atoms with E-state index < -0.39 is 40.9 Å². The summed E-state index contributed by atoms with van der Waals surface area (Å²) < 4.78 is 23.0. The number of benzene rings is 6. The van der Waals surface area contributed by atoms with E-state index in [0.29, 0.717) is 0 Å². The molecule has 1 aliphatic rings. The van der Waals surface area contributed by atoms with E-state index in [9.17, 15) is 9.59 Å². The minimum Gasteiger partial charge on any atom is -0.358 e. The fourth-order valence-corrected chi connectivity index (χ4v) is 8.97. The van der Waals surface area contributed by atoms with Gasteiger partial charge in [-0.2, -0.15) is 0 Å². The van der Waals surface area contributed by atoms with Crippen LogP contribution < -0.4 is 11.2 Å². The van der Waals surface area contributed by atoms with Crippen molar-refractivity contribution in [3.05, 3.63) is 254 Å². The number of aromatic nitrogens is 2. The number of nitrogens with zero attached hydrogens (tertiary/aromatic N) is 1. The molecule has 8 rings (SSSR count). The summed E-state index contributed by atoms with van der Waals surface area (Å²) in [7, 11) is 0. The Morgan fingerprint density at radius 2 is 1.00 bits per heavy atom. The molecule has 0 bridgehead atoms. The smallest absolute Gasteiger partial charge is 0.330 e. The molecule has 2 heterocycles.